The quantitative estimate of drug-likeness (QED) is 0.454. The van der Waals surface area contributed by atoms with Crippen LogP contribution >= 0.6 is 22.9 Å². The summed E-state index contributed by atoms with van der Waals surface area (Å²) >= 11 is 7.52. The Hall–Kier alpha value is -2.97. The van der Waals surface area contributed by atoms with Crippen molar-refractivity contribution in [1.29, 1.82) is 0 Å². The molecule has 32 heavy (non-hydrogen) atoms. The van der Waals surface area contributed by atoms with Crippen molar-refractivity contribution in [3.05, 3.63) is 68.2 Å². The van der Waals surface area contributed by atoms with E-state index in [-0.39, 0.29) is 17.9 Å². The number of hydrogen-bond acceptors (Lipinski definition) is 5. The van der Waals surface area contributed by atoms with Gasteiger partial charge in [0.1, 0.15) is 5.69 Å². The van der Waals surface area contributed by atoms with Gasteiger partial charge in [0.25, 0.3) is 5.56 Å². The maximum Gasteiger partial charge on any atom is 0.268 e. The highest BCUT2D eigenvalue weighted by Crippen LogP contribution is 2.24. The van der Waals surface area contributed by atoms with Crippen LogP contribution in [0.1, 0.15) is 29.9 Å². The molecule has 0 radical (unpaired) electrons. The van der Waals surface area contributed by atoms with Crippen molar-refractivity contribution >= 4 is 33.8 Å². The molecule has 1 saturated heterocycles. The molecule has 0 N–H and O–H groups in total. The molecule has 0 saturated carbocycles. The van der Waals surface area contributed by atoms with E-state index in [9.17, 15) is 9.59 Å². The zero-order valence-electron chi connectivity index (χ0n) is 17.8. The zero-order valence-corrected chi connectivity index (χ0v) is 19.4. The average Bonchev–Trinajstić information content (AvgIpc) is 3.49. The molecule has 0 unspecified atom stereocenters. The predicted octanol–water partition coefficient (Wildman–Crippen LogP) is 4.04. The standard InChI is InChI=1S/C23H22ClN5O2S/c1-14-10-19(26-29(14)17-7-5-6-16(24)11-17)21-15(2)25-23-28(22(21)31)18(13-32-23)12-20(30)27-8-3-4-9-27/h5-7,10-11,13H,3-4,8-9,12H2,1-2H3. The summed E-state index contributed by atoms with van der Waals surface area (Å²) in [6.45, 7) is 5.33. The van der Waals surface area contributed by atoms with Gasteiger partial charge in [-0.1, -0.05) is 17.7 Å². The van der Waals surface area contributed by atoms with E-state index in [1.807, 2.05) is 48.4 Å². The Morgan fingerprint density at radius 1 is 1.19 bits per heavy atom. The number of nitrogens with zero attached hydrogens (tertiary/aromatic N) is 5. The van der Waals surface area contributed by atoms with Crippen molar-refractivity contribution in [3.63, 3.8) is 0 Å². The first-order chi connectivity index (χ1) is 15.4. The number of benzene rings is 1. The lowest BCUT2D eigenvalue weighted by molar-refractivity contribution is -0.129. The van der Waals surface area contributed by atoms with Gasteiger partial charge in [-0.15, -0.1) is 11.3 Å². The Kier molecular flexibility index (Phi) is 5.35. The molecular weight excluding hydrogens is 446 g/mol. The molecule has 5 rings (SSSR count). The molecule has 1 fully saturated rings. The van der Waals surface area contributed by atoms with Crippen LogP contribution in [0, 0.1) is 13.8 Å². The average molecular weight is 468 g/mol. The van der Waals surface area contributed by atoms with Crippen LogP contribution in [0.2, 0.25) is 5.02 Å². The number of halogens is 1. The van der Waals surface area contributed by atoms with Gasteiger partial charge in [0.15, 0.2) is 4.96 Å². The Morgan fingerprint density at radius 2 is 1.97 bits per heavy atom. The van der Waals surface area contributed by atoms with Crippen molar-refractivity contribution in [2.24, 2.45) is 0 Å². The summed E-state index contributed by atoms with van der Waals surface area (Å²) < 4.78 is 3.33. The molecule has 1 aliphatic rings. The minimum atomic E-state index is -0.200. The normalized spacial score (nSPS) is 13.9. The highest BCUT2D eigenvalue weighted by atomic mass is 35.5. The van der Waals surface area contributed by atoms with E-state index < -0.39 is 0 Å². The predicted molar refractivity (Wildman–Crippen MR) is 126 cm³/mol. The second-order valence-corrected chi connectivity index (χ2v) is 9.32. The number of amides is 1. The third-order valence-corrected chi connectivity index (χ3v) is 6.92. The summed E-state index contributed by atoms with van der Waals surface area (Å²) in [6, 6.07) is 9.29. The minimum Gasteiger partial charge on any atom is -0.342 e. The van der Waals surface area contributed by atoms with E-state index in [4.69, 9.17) is 16.7 Å². The van der Waals surface area contributed by atoms with E-state index in [1.165, 1.54) is 11.3 Å². The van der Waals surface area contributed by atoms with E-state index in [2.05, 4.69) is 4.98 Å². The molecule has 4 aromatic rings. The molecule has 0 spiro atoms. The maximum atomic E-state index is 13.6. The van der Waals surface area contributed by atoms with Gasteiger partial charge in [-0.25, -0.2) is 9.67 Å². The van der Waals surface area contributed by atoms with Crippen molar-refractivity contribution in [2.45, 2.75) is 33.1 Å². The molecule has 1 aliphatic heterocycles. The fourth-order valence-electron chi connectivity index (χ4n) is 4.22. The lowest BCUT2D eigenvalue weighted by atomic mass is 10.1. The third kappa shape index (κ3) is 3.63. The summed E-state index contributed by atoms with van der Waals surface area (Å²) in [4.78, 5) is 33.4. The zero-order chi connectivity index (χ0) is 22.4. The Morgan fingerprint density at radius 3 is 2.72 bits per heavy atom. The van der Waals surface area contributed by atoms with Gasteiger partial charge in [0, 0.05) is 34.9 Å². The van der Waals surface area contributed by atoms with Crippen molar-refractivity contribution < 1.29 is 4.79 Å². The molecule has 0 atom stereocenters. The topological polar surface area (TPSA) is 72.5 Å². The first-order valence-electron chi connectivity index (χ1n) is 10.5. The Bertz CT molecular complexity index is 1400. The largest absolute Gasteiger partial charge is 0.342 e. The Balaban J connectivity index is 1.58. The molecule has 9 heteroatoms. The fraction of sp³-hybridized carbons (Fsp3) is 0.304. The summed E-state index contributed by atoms with van der Waals surface area (Å²) in [7, 11) is 0. The van der Waals surface area contributed by atoms with E-state index in [0.29, 0.717) is 32.6 Å². The van der Waals surface area contributed by atoms with Crippen LogP contribution in [0.3, 0.4) is 0 Å². The second-order valence-electron chi connectivity index (χ2n) is 8.05. The number of likely N-dealkylation sites (tertiary alicyclic amines) is 1. The highest BCUT2D eigenvalue weighted by molar-refractivity contribution is 7.15. The van der Waals surface area contributed by atoms with E-state index in [1.54, 1.807) is 15.1 Å². The summed E-state index contributed by atoms with van der Waals surface area (Å²) in [6.07, 6.45) is 2.27. The van der Waals surface area contributed by atoms with Gasteiger partial charge in [0.2, 0.25) is 5.91 Å². The number of rotatable bonds is 4. The van der Waals surface area contributed by atoms with Crippen LogP contribution in [0.15, 0.2) is 40.5 Å². The first kappa shape index (κ1) is 20.9. The third-order valence-electron chi connectivity index (χ3n) is 5.81. The van der Waals surface area contributed by atoms with E-state index >= 15 is 0 Å². The number of aryl methyl sites for hydroxylation is 2. The second kappa shape index (κ2) is 8.18. The number of fused-ring (bicyclic) bond motifs is 1. The number of carbonyl (C=O) groups excluding carboxylic acids is 1. The van der Waals surface area contributed by atoms with Crippen LogP contribution in [0.4, 0.5) is 0 Å². The molecule has 3 aromatic heterocycles. The van der Waals surface area contributed by atoms with Crippen LogP contribution in [0.5, 0.6) is 0 Å². The molecule has 1 amide bonds. The number of aromatic nitrogens is 4. The fourth-order valence-corrected chi connectivity index (χ4v) is 5.33. The highest BCUT2D eigenvalue weighted by Gasteiger charge is 2.23. The molecule has 7 nitrogen and oxygen atoms in total. The van der Waals surface area contributed by atoms with Crippen molar-refractivity contribution in [2.75, 3.05) is 13.1 Å². The maximum absolute atomic E-state index is 13.6. The van der Waals surface area contributed by atoms with E-state index in [0.717, 1.165) is 37.3 Å². The lowest BCUT2D eigenvalue weighted by Gasteiger charge is -2.14. The van der Waals surface area contributed by atoms with Crippen LogP contribution in [0.25, 0.3) is 21.9 Å². The van der Waals surface area contributed by atoms with Gasteiger partial charge in [0.05, 0.1) is 23.4 Å². The van der Waals surface area contributed by atoms with Gasteiger partial charge in [-0.3, -0.25) is 14.0 Å². The van der Waals surface area contributed by atoms with Crippen LogP contribution in [-0.4, -0.2) is 43.1 Å². The molecule has 0 aliphatic carbocycles. The first-order valence-corrected chi connectivity index (χ1v) is 11.8. The summed E-state index contributed by atoms with van der Waals surface area (Å²) in [5.41, 5.74) is 3.78. The minimum absolute atomic E-state index is 0.0531. The number of thiazole rings is 1. The van der Waals surface area contributed by atoms with Crippen LogP contribution in [-0.2, 0) is 11.2 Å². The van der Waals surface area contributed by atoms with Crippen LogP contribution < -0.4 is 5.56 Å². The molecule has 1 aromatic carbocycles. The summed E-state index contributed by atoms with van der Waals surface area (Å²) in [5, 5.41) is 7.16. The molecular formula is C23H22ClN5O2S. The SMILES string of the molecule is Cc1nc2scc(CC(=O)N3CCCC3)n2c(=O)c1-c1cc(C)n(-c2cccc(Cl)c2)n1. The van der Waals surface area contributed by atoms with Gasteiger partial charge in [-0.05, 0) is 51.0 Å². The Labute approximate surface area is 193 Å². The monoisotopic (exact) mass is 467 g/mol. The lowest BCUT2D eigenvalue weighted by Crippen LogP contribution is -2.30. The summed E-state index contributed by atoms with van der Waals surface area (Å²) in [5.74, 6) is 0.0531. The van der Waals surface area contributed by atoms with Gasteiger partial charge < -0.3 is 4.90 Å². The molecule has 0 bridgehead atoms. The van der Waals surface area contributed by atoms with Crippen molar-refractivity contribution in [3.8, 4) is 16.9 Å². The smallest absolute Gasteiger partial charge is 0.268 e. The number of carbonyl (C=O) groups is 1. The van der Waals surface area contributed by atoms with Gasteiger partial charge >= 0.3 is 0 Å². The van der Waals surface area contributed by atoms with Crippen molar-refractivity contribution in [1.82, 2.24) is 24.1 Å². The molecule has 4 heterocycles. The van der Waals surface area contributed by atoms with Gasteiger partial charge in [-0.2, -0.15) is 5.10 Å². The molecule has 164 valence electrons. The number of hydrogen-bond donors (Lipinski definition) is 0.